The first-order chi connectivity index (χ1) is 7.86. The minimum absolute atomic E-state index is 0.199. The summed E-state index contributed by atoms with van der Waals surface area (Å²) in [7, 11) is 2.23. The number of hydrogen-bond acceptors (Lipinski definition) is 3. The number of rotatable bonds is 6. The van der Waals surface area contributed by atoms with Crippen LogP contribution in [0.2, 0.25) is 0 Å². The fourth-order valence-corrected chi connectivity index (χ4v) is 2.78. The lowest BCUT2D eigenvalue weighted by Gasteiger charge is -2.36. The predicted molar refractivity (Wildman–Crippen MR) is 75.2 cm³/mol. The Bertz CT molecular complexity index is 226. The van der Waals surface area contributed by atoms with Crippen LogP contribution in [0, 0.1) is 5.41 Å². The van der Waals surface area contributed by atoms with Gasteiger partial charge in [-0.3, -0.25) is 4.90 Å². The molecule has 102 valence electrons. The summed E-state index contributed by atoms with van der Waals surface area (Å²) in [4.78, 5) is 5.07. The molecule has 2 unspecified atom stereocenters. The number of likely N-dealkylation sites (N-methyl/N-ethyl adjacent to an activating group) is 2. The van der Waals surface area contributed by atoms with Crippen molar-refractivity contribution in [1.29, 1.82) is 0 Å². The molecule has 0 aromatic heterocycles. The summed E-state index contributed by atoms with van der Waals surface area (Å²) in [5.41, 5.74) is 6.24. The highest BCUT2D eigenvalue weighted by atomic mass is 15.2. The molecule has 0 aromatic carbocycles. The van der Waals surface area contributed by atoms with Crippen LogP contribution in [0.25, 0.3) is 0 Å². The van der Waals surface area contributed by atoms with Crippen LogP contribution in [0.5, 0.6) is 0 Å². The Morgan fingerprint density at radius 1 is 1.47 bits per heavy atom. The van der Waals surface area contributed by atoms with Crippen LogP contribution in [0.15, 0.2) is 0 Å². The van der Waals surface area contributed by atoms with Gasteiger partial charge in [-0.15, -0.1) is 0 Å². The van der Waals surface area contributed by atoms with Crippen molar-refractivity contribution in [2.45, 2.75) is 52.6 Å². The minimum atomic E-state index is 0.199. The maximum atomic E-state index is 6.04. The van der Waals surface area contributed by atoms with Crippen LogP contribution in [0.1, 0.15) is 40.5 Å². The predicted octanol–water partition coefficient (Wildman–Crippen LogP) is 1.78. The van der Waals surface area contributed by atoms with E-state index in [9.17, 15) is 0 Å². The van der Waals surface area contributed by atoms with E-state index in [0.717, 1.165) is 12.6 Å². The van der Waals surface area contributed by atoms with Gasteiger partial charge in [-0.2, -0.15) is 0 Å². The second kappa shape index (κ2) is 6.17. The molecule has 0 spiro atoms. The van der Waals surface area contributed by atoms with Gasteiger partial charge in [0.05, 0.1) is 0 Å². The molecule has 1 aliphatic heterocycles. The van der Waals surface area contributed by atoms with Crippen molar-refractivity contribution < 1.29 is 0 Å². The number of hydrogen-bond donors (Lipinski definition) is 1. The number of nitrogens with two attached hydrogens (primary N) is 1. The maximum absolute atomic E-state index is 6.04. The third-order valence-electron chi connectivity index (χ3n) is 4.34. The molecule has 1 saturated heterocycles. The van der Waals surface area contributed by atoms with Crippen LogP contribution in [-0.4, -0.2) is 55.1 Å². The average Bonchev–Trinajstić information content (AvgIpc) is 2.63. The van der Waals surface area contributed by atoms with Gasteiger partial charge in [0.15, 0.2) is 0 Å². The van der Waals surface area contributed by atoms with Crippen molar-refractivity contribution in [2.75, 3.05) is 33.2 Å². The van der Waals surface area contributed by atoms with Gasteiger partial charge in [0.25, 0.3) is 0 Å². The largest absolute Gasteiger partial charge is 0.327 e. The minimum Gasteiger partial charge on any atom is -0.327 e. The highest BCUT2D eigenvalue weighted by molar-refractivity contribution is 4.84. The van der Waals surface area contributed by atoms with E-state index in [2.05, 4.69) is 44.5 Å². The zero-order chi connectivity index (χ0) is 13.1. The second-order valence-corrected chi connectivity index (χ2v) is 6.40. The van der Waals surface area contributed by atoms with Gasteiger partial charge in [0.2, 0.25) is 0 Å². The lowest BCUT2D eigenvalue weighted by atomic mass is 9.85. The van der Waals surface area contributed by atoms with E-state index in [0.29, 0.717) is 0 Å². The molecule has 0 radical (unpaired) electrons. The first kappa shape index (κ1) is 14.9. The van der Waals surface area contributed by atoms with Gasteiger partial charge in [-0.1, -0.05) is 20.8 Å². The zero-order valence-corrected chi connectivity index (χ0v) is 12.4. The van der Waals surface area contributed by atoms with E-state index in [1.165, 1.54) is 32.5 Å². The fourth-order valence-electron chi connectivity index (χ4n) is 2.78. The Hall–Kier alpha value is -0.120. The molecule has 2 N–H and O–H groups in total. The van der Waals surface area contributed by atoms with E-state index >= 15 is 0 Å². The zero-order valence-electron chi connectivity index (χ0n) is 12.4. The molecule has 1 aliphatic rings. The van der Waals surface area contributed by atoms with Gasteiger partial charge in [-0.05, 0) is 45.3 Å². The molecular weight excluding hydrogens is 210 g/mol. The molecule has 0 amide bonds. The quantitative estimate of drug-likeness (QED) is 0.769. The average molecular weight is 241 g/mol. The molecular formula is C14H31N3. The van der Waals surface area contributed by atoms with E-state index in [4.69, 9.17) is 5.73 Å². The number of nitrogens with zero attached hydrogens (tertiary/aromatic N) is 2. The molecule has 1 rings (SSSR count). The second-order valence-electron chi connectivity index (χ2n) is 6.40. The molecule has 2 atom stereocenters. The lowest BCUT2D eigenvalue weighted by molar-refractivity contribution is 0.143. The van der Waals surface area contributed by atoms with Crippen LogP contribution >= 0.6 is 0 Å². The van der Waals surface area contributed by atoms with Gasteiger partial charge in [0.1, 0.15) is 0 Å². The smallest absolute Gasteiger partial charge is 0.0223 e. The first-order valence-electron chi connectivity index (χ1n) is 7.05. The summed E-state index contributed by atoms with van der Waals surface area (Å²) >= 11 is 0. The summed E-state index contributed by atoms with van der Waals surface area (Å²) < 4.78 is 0. The standard InChI is InChI=1S/C14H31N3/c1-6-17-9-7-8-13(17)10-16(5)11-14(3,4)12(2)15/h12-13H,6-11,15H2,1-5H3. The van der Waals surface area contributed by atoms with Crippen LogP contribution in [-0.2, 0) is 0 Å². The summed E-state index contributed by atoms with van der Waals surface area (Å²) in [5, 5.41) is 0. The fraction of sp³-hybridized carbons (Fsp3) is 1.00. The normalized spacial score (nSPS) is 24.5. The van der Waals surface area contributed by atoms with E-state index < -0.39 is 0 Å². The Kier molecular flexibility index (Phi) is 5.42. The van der Waals surface area contributed by atoms with Crippen LogP contribution < -0.4 is 5.73 Å². The van der Waals surface area contributed by atoms with Gasteiger partial charge >= 0.3 is 0 Å². The summed E-state index contributed by atoms with van der Waals surface area (Å²) in [6.45, 7) is 13.6. The molecule has 0 saturated carbocycles. The van der Waals surface area contributed by atoms with Crippen molar-refractivity contribution in [3.05, 3.63) is 0 Å². The van der Waals surface area contributed by atoms with Crippen molar-refractivity contribution in [2.24, 2.45) is 11.1 Å². The molecule has 3 heteroatoms. The molecule has 1 fully saturated rings. The Morgan fingerprint density at radius 3 is 2.65 bits per heavy atom. The molecule has 0 bridgehead atoms. The summed E-state index contributed by atoms with van der Waals surface area (Å²) in [6, 6.07) is 1.00. The number of likely N-dealkylation sites (tertiary alicyclic amines) is 1. The van der Waals surface area contributed by atoms with E-state index in [-0.39, 0.29) is 11.5 Å². The van der Waals surface area contributed by atoms with Gasteiger partial charge in [0, 0.05) is 25.2 Å². The summed E-state index contributed by atoms with van der Waals surface area (Å²) in [6.07, 6.45) is 2.72. The van der Waals surface area contributed by atoms with E-state index in [1.54, 1.807) is 0 Å². The van der Waals surface area contributed by atoms with Crippen LogP contribution in [0.4, 0.5) is 0 Å². The van der Waals surface area contributed by atoms with Crippen LogP contribution in [0.3, 0.4) is 0 Å². The monoisotopic (exact) mass is 241 g/mol. The Balaban J connectivity index is 2.41. The van der Waals surface area contributed by atoms with Crippen molar-refractivity contribution in [3.8, 4) is 0 Å². The maximum Gasteiger partial charge on any atom is 0.0223 e. The topological polar surface area (TPSA) is 32.5 Å². The van der Waals surface area contributed by atoms with Crippen molar-refractivity contribution in [3.63, 3.8) is 0 Å². The van der Waals surface area contributed by atoms with Crippen molar-refractivity contribution >= 4 is 0 Å². The van der Waals surface area contributed by atoms with E-state index in [1.807, 2.05) is 0 Å². The van der Waals surface area contributed by atoms with Gasteiger partial charge < -0.3 is 10.6 Å². The lowest BCUT2D eigenvalue weighted by Crippen LogP contribution is -2.46. The third kappa shape index (κ3) is 4.23. The Morgan fingerprint density at radius 2 is 2.12 bits per heavy atom. The molecule has 1 heterocycles. The molecule has 0 aromatic rings. The molecule has 0 aliphatic carbocycles. The van der Waals surface area contributed by atoms with Gasteiger partial charge in [-0.25, -0.2) is 0 Å². The summed E-state index contributed by atoms with van der Waals surface area (Å²) in [5.74, 6) is 0. The highest BCUT2D eigenvalue weighted by Gasteiger charge is 2.28. The highest BCUT2D eigenvalue weighted by Crippen LogP contribution is 2.22. The first-order valence-corrected chi connectivity index (χ1v) is 7.05. The molecule has 17 heavy (non-hydrogen) atoms. The third-order valence-corrected chi connectivity index (χ3v) is 4.34. The molecule has 3 nitrogen and oxygen atoms in total. The van der Waals surface area contributed by atoms with Crippen molar-refractivity contribution in [1.82, 2.24) is 9.80 Å². The SMILES string of the molecule is CCN1CCCC1CN(C)CC(C)(C)C(C)N. The Labute approximate surface area is 107 Å².